The minimum absolute atomic E-state index is 0.344. The lowest BCUT2D eigenvalue weighted by Gasteiger charge is -2.29. The van der Waals surface area contributed by atoms with Crippen LogP contribution in [0.2, 0.25) is 5.02 Å². The van der Waals surface area contributed by atoms with Gasteiger partial charge in [0, 0.05) is 22.0 Å². The molecule has 2 atom stereocenters. The maximum atomic E-state index is 6.16. The fourth-order valence-electron chi connectivity index (χ4n) is 2.68. The predicted molar refractivity (Wildman–Crippen MR) is 87.5 cm³/mol. The van der Waals surface area contributed by atoms with Crippen molar-refractivity contribution in [3.05, 3.63) is 64.7 Å². The fraction of sp³-hybridized carbons (Fsp3) is 0.294. The number of rotatable bonds is 3. The van der Waals surface area contributed by atoms with Gasteiger partial charge in [0.05, 0.1) is 0 Å². The van der Waals surface area contributed by atoms with Crippen molar-refractivity contribution in [1.29, 1.82) is 0 Å². The van der Waals surface area contributed by atoms with Crippen LogP contribution in [-0.2, 0) is 0 Å². The lowest BCUT2D eigenvalue weighted by molar-refractivity contribution is 0.450. The Morgan fingerprint density at radius 3 is 2.80 bits per heavy atom. The molecule has 0 aliphatic carbocycles. The predicted octanol–water partition coefficient (Wildman–Crippen LogP) is 5.23. The Hall–Kier alpha value is -0.960. The van der Waals surface area contributed by atoms with Crippen molar-refractivity contribution >= 4 is 23.4 Å². The van der Waals surface area contributed by atoms with Crippen LogP contribution in [0, 0.1) is 0 Å². The molecule has 0 fully saturated rings. The van der Waals surface area contributed by atoms with Gasteiger partial charge in [0.25, 0.3) is 0 Å². The molecule has 0 bridgehead atoms. The first-order valence-electron chi connectivity index (χ1n) is 6.97. The molecule has 0 amide bonds. The average molecular weight is 304 g/mol. The van der Waals surface area contributed by atoms with Crippen LogP contribution in [0.1, 0.15) is 36.6 Å². The molecule has 2 aromatic rings. The van der Waals surface area contributed by atoms with Crippen molar-refractivity contribution in [2.24, 2.45) is 0 Å². The van der Waals surface area contributed by atoms with Crippen LogP contribution in [0.4, 0.5) is 0 Å². The van der Waals surface area contributed by atoms with Crippen molar-refractivity contribution in [2.45, 2.75) is 30.3 Å². The molecule has 0 saturated carbocycles. The van der Waals surface area contributed by atoms with Gasteiger partial charge < -0.3 is 5.32 Å². The summed E-state index contributed by atoms with van der Waals surface area (Å²) in [6, 6.07) is 17.6. The maximum Gasteiger partial charge on any atom is 0.0410 e. The molecular formula is C17H18ClNS. The molecule has 1 nitrogen and oxygen atoms in total. The summed E-state index contributed by atoms with van der Waals surface area (Å²) in [6.07, 6.45) is 1.15. The molecule has 0 aromatic heterocycles. The zero-order valence-electron chi connectivity index (χ0n) is 11.5. The highest BCUT2D eigenvalue weighted by atomic mass is 35.5. The van der Waals surface area contributed by atoms with E-state index in [4.69, 9.17) is 11.6 Å². The monoisotopic (exact) mass is 303 g/mol. The molecular weight excluding hydrogens is 286 g/mol. The number of benzene rings is 2. The highest BCUT2D eigenvalue weighted by molar-refractivity contribution is 7.99. The topological polar surface area (TPSA) is 12.0 Å². The van der Waals surface area contributed by atoms with Gasteiger partial charge in [-0.15, -0.1) is 11.8 Å². The second kappa shape index (κ2) is 6.21. The zero-order chi connectivity index (χ0) is 13.9. The first-order valence-corrected chi connectivity index (χ1v) is 8.33. The van der Waals surface area contributed by atoms with E-state index in [0.717, 1.165) is 17.2 Å². The summed E-state index contributed by atoms with van der Waals surface area (Å²) >= 11 is 8.08. The molecule has 2 unspecified atom stereocenters. The van der Waals surface area contributed by atoms with E-state index >= 15 is 0 Å². The van der Waals surface area contributed by atoms with Gasteiger partial charge in [-0.05, 0) is 48.4 Å². The number of thioether (sulfide) groups is 1. The van der Waals surface area contributed by atoms with E-state index in [9.17, 15) is 0 Å². The van der Waals surface area contributed by atoms with E-state index in [1.807, 2.05) is 17.8 Å². The standard InChI is InChI=1S/C17H18ClNS/c1-12(13-5-3-2-4-6-13)19-16-9-10-20-17-8-7-14(18)11-15(16)17/h2-8,11-12,16,19H,9-10H2,1H3. The number of halogens is 1. The minimum Gasteiger partial charge on any atom is -0.303 e. The van der Waals surface area contributed by atoms with E-state index in [-0.39, 0.29) is 0 Å². The smallest absolute Gasteiger partial charge is 0.0410 e. The second-order valence-corrected chi connectivity index (χ2v) is 6.74. The van der Waals surface area contributed by atoms with Crippen LogP contribution >= 0.6 is 23.4 Å². The van der Waals surface area contributed by atoms with Gasteiger partial charge in [0.15, 0.2) is 0 Å². The summed E-state index contributed by atoms with van der Waals surface area (Å²) in [7, 11) is 0. The van der Waals surface area contributed by atoms with Gasteiger partial charge in [-0.2, -0.15) is 0 Å². The van der Waals surface area contributed by atoms with Crippen LogP contribution in [0.3, 0.4) is 0 Å². The normalized spacial score (nSPS) is 19.4. The maximum absolute atomic E-state index is 6.16. The third-order valence-electron chi connectivity index (χ3n) is 3.76. The number of hydrogen-bond acceptors (Lipinski definition) is 2. The van der Waals surface area contributed by atoms with E-state index in [1.54, 1.807) is 0 Å². The Kier molecular flexibility index (Phi) is 4.35. The zero-order valence-corrected chi connectivity index (χ0v) is 13.0. The van der Waals surface area contributed by atoms with Gasteiger partial charge in [-0.3, -0.25) is 0 Å². The summed E-state index contributed by atoms with van der Waals surface area (Å²) < 4.78 is 0. The number of nitrogens with one attached hydrogen (secondary N) is 1. The average Bonchev–Trinajstić information content (AvgIpc) is 2.49. The van der Waals surface area contributed by atoms with Crippen molar-refractivity contribution < 1.29 is 0 Å². The third-order valence-corrected chi connectivity index (χ3v) is 5.12. The lowest BCUT2D eigenvalue weighted by Crippen LogP contribution is -2.27. The number of fused-ring (bicyclic) bond motifs is 1. The summed E-state index contributed by atoms with van der Waals surface area (Å²) in [6.45, 7) is 2.22. The lowest BCUT2D eigenvalue weighted by atomic mass is 10.0. The highest BCUT2D eigenvalue weighted by Crippen LogP contribution is 2.38. The van der Waals surface area contributed by atoms with E-state index < -0.39 is 0 Å². The van der Waals surface area contributed by atoms with E-state index in [0.29, 0.717) is 12.1 Å². The summed E-state index contributed by atoms with van der Waals surface area (Å²) in [5, 5.41) is 4.57. The fourth-order valence-corrected chi connectivity index (χ4v) is 3.96. The van der Waals surface area contributed by atoms with Gasteiger partial charge >= 0.3 is 0 Å². The van der Waals surface area contributed by atoms with Gasteiger partial charge in [0.2, 0.25) is 0 Å². The molecule has 3 rings (SSSR count). The SMILES string of the molecule is CC(NC1CCSc2ccc(Cl)cc21)c1ccccc1. The molecule has 1 heterocycles. The first kappa shape index (κ1) is 14.0. The molecule has 1 N–H and O–H groups in total. The van der Waals surface area contributed by atoms with Crippen molar-refractivity contribution in [3.63, 3.8) is 0 Å². The Labute approximate surface area is 129 Å². The minimum atomic E-state index is 0.344. The van der Waals surface area contributed by atoms with Gasteiger partial charge in [-0.25, -0.2) is 0 Å². The Bertz CT molecular complexity index is 585. The number of hydrogen-bond donors (Lipinski definition) is 1. The summed E-state index contributed by atoms with van der Waals surface area (Å²) in [5.74, 6) is 1.16. The van der Waals surface area contributed by atoms with E-state index in [2.05, 4.69) is 54.7 Å². The van der Waals surface area contributed by atoms with Crippen LogP contribution < -0.4 is 5.32 Å². The Morgan fingerprint density at radius 1 is 1.20 bits per heavy atom. The first-order chi connectivity index (χ1) is 9.74. The van der Waals surface area contributed by atoms with Crippen LogP contribution in [0.5, 0.6) is 0 Å². The molecule has 20 heavy (non-hydrogen) atoms. The molecule has 0 spiro atoms. The Balaban J connectivity index is 1.81. The second-order valence-electron chi connectivity index (χ2n) is 5.17. The largest absolute Gasteiger partial charge is 0.303 e. The molecule has 1 aliphatic rings. The van der Waals surface area contributed by atoms with Crippen molar-refractivity contribution in [1.82, 2.24) is 5.32 Å². The molecule has 3 heteroatoms. The molecule has 104 valence electrons. The van der Waals surface area contributed by atoms with Crippen molar-refractivity contribution in [2.75, 3.05) is 5.75 Å². The van der Waals surface area contributed by atoms with Crippen LogP contribution in [-0.4, -0.2) is 5.75 Å². The molecule has 2 aromatic carbocycles. The molecule has 0 saturated heterocycles. The highest BCUT2D eigenvalue weighted by Gasteiger charge is 2.22. The Morgan fingerprint density at radius 2 is 2.00 bits per heavy atom. The summed E-state index contributed by atoms with van der Waals surface area (Å²) in [4.78, 5) is 1.36. The quantitative estimate of drug-likeness (QED) is 0.833. The molecule has 1 aliphatic heterocycles. The van der Waals surface area contributed by atoms with Crippen LogP contribution in [0.25, 0.3) is 0 Å². The van der Waals surface area contributed by atoms with Crippen molar-refractivity contribution in [3.8, 4) is 0 Å². The van der Waals surface area contributed by atoms with Gasteiger partial charge in [0.1, 0.15) is 0 Å². The van der Waals surface area contributed by atoms with Crippen LogP contribution in [0.15, 0.2) is 53.4 Å². The summed E-state index contributed by atoms with van der Waals surface area (Å²) in [5.41, 5.74) is 2.67. The van der Waals surface area contributed by atoms with Gasteiger partial charge in [-0.1, -0.05) is 41.9 Å². The van der Waals surface area contributed by atoms with E-state index in [1.165, 1.54) is 16.0 Å². The third kappa shape index (κ3) is 3.03. The molecule has 0 radical (unpaired) electrons.